The Morgan fingerprint density at radius 2 is 1.55 bits per heavy atom. The number of benzene rings is 1. The third-order valence-corrected chi connectivity index (χ3v) is 3.55. The molecule has 1 aliphatic heterocycles. The fourth-order valence-corrected chi connectivity index (χ4v) is 2.45. The topological polar surface area (TPSA) is 57.6 Å². The molecule has 1 heterocycles. The second-order valence-corrected chi connectivity index (χ2v) is 5.93. The zero-order valence-electron chi connectivity index (χ0n) is 12.1. The first-order valence-corrected chi connectivity index (χ1v) is 7.08. The number of unbranched alkanes of at least 4 members (excludes halogenated alkanes) is 2. The van der Waals surface area contributed by atoms with Crippen LogP contribution in [-0.4, -0.2) is 34.0 Å². The van der Waals surface area contributed by atoms with Crippen LogP contribution in [0, 0.1) is 0 Å². The van der Waals surface area contributed by atoms with Crippen molar-refractivity contribution in [2.45, 2.75) is 45.1 Å². The number of hydrogen-bond donors (Lipinski definition) is 1. The maximum absolute atomic E-state index is 12.1. The second kappa shape index (κ2) is 5.75. The van der Waals surface area contributed by atoms with Gasteiger partial charge in [0, 0.05) is 6.54 Å². The molecule has 2 amide bonds. The van der Waals surface area contributed by atoms with E-state index in [0.29, 0.717) is 17.7 Å². The van der Waals surface area contributed by atoms with Crippen molar-refractivity contribution in [2.24, 2.45) is 0 Å². The molecule has 1 N–H and O–H groups in total. The van der Waals surface area contributed by atoms with Gasteiger partial charge < -0.3 is 5.11 Å². The van der Waals surface area contributed by atoms with Gasteiger partial charge in [-0.3, -0.25) is 14.5 Å². The SMILES string of the molecule is CC(C)(O)CCCCCN1C(=O)c2ccccc2C1=O. The maximum atomic E-state index is 12.1. The molecular weight excluding hydrogens is 254 g/mol. The Morgan fingerprint density at radius 1 is 1.00 bits per heavy atom. The Hall–Kier alpha value is -1.68. The molecule has 0 spiro atoms. The van der Waals surface area contributed by atoms with Gasteiger partial charge in [0.2, 0.25) is 0 Å². The third kappa shape index (κ3) is 3.25. The molecule has 4 nitrogen and oxygen atoms in total. The lowest BCUT2D eigenvalue weighted by Crippen LogP contribution is -2.30. The second-order valence-electron chi connectivity index (χ2n) is 5.93. The van der Waals surface area contributed by atoms with Gasteiger partial charge in [-0.2, -0.15) is 0 Å². The zero-order valence-corrected chi connectivity index (χ0v) is 12.1. The van der Waals surface area contributed by atoms with Crippen LogP contribution in [0.1, 0.15) is 60.2 Å². The molecule has 0 bridgehead atoms. The normalized spacial score (nSPS) is 14.8. The molecule has 0 saturated carbocycles. The predicted molar refractivity (Wildman–Crippen MR) is 76.6 cm³/mol. The average molecular weight is 275 g/mol. The fourth-order valence-electron chi connectivity index (χ4n) is 2.45. The summed E-state index contributed by atoms with van der Waals surface area (Å²) in [6, 6.07) is 6.95. The van der Waals surface area contributed by atoms with Crippen LogP contribution >= 0.6 is 0 Å². The highest BCUT2D eigenvalue weighted by atomic mass is 16.3. The molecule has 0 radical (unpaired) electrons. The van der Waals surface area contributed by atoms with E-state index < -0.39 is 5.60 Å². The first kappa shape index (κ1) is 14.7. The molecule has 1 aliphatic rings. The van der Waals surface area contributed by atoms with Crippen molar-refractivity contribution >= 4 is 11.8 Å². The minimum atomic E-state index is -0.643. The number of carbonyl (C=O) groups excluding carboxylic acids is 2. The number of imide groups is 1. The van der Waals surface area contributed by atoms with E-state index in [2.05, 4.69) is 0 Å². The Kier molecular flexibility index (Phi) is 4.23. The molecule has 0 fully saturated rings. The van der Waals surface area contributed by atoms with E-state index in [0.717, 1.165) is 25.7 Å². The van der Waals surface area contributed by atoms with E-state index in [-0.39, 0.29) is 11.8 Å². The van der Waals surface area contributed by atoms with Crippen LogP contribution in [0.25, 0.3) is 0 Å². The zero-order chi connectivity index (χ0) is 14.8. The summed E-state index contributed by atoms with van der Waals surface area (Å²) in [5, 5.41) is 9.61. The third-order valence-electron chi connectivity index (χ3n) is 3.55. The molecule has 0 saturated heterocycles. The molecule has 1 aromatic rings. The van der Waals surface area contributed by atoms with E-state index >= 15 is 0 Å². The first-order valence-electron chi connectivity index (χ1n) is 7.08. The van der Waals surface area contributed by atoms with Crippen molar-refractivity contribution in [2.75, 3.05) is 6.54 Å². The standard InChI is InChI=1S/C16H21NO3/c1-16(2,20)10-6-3-7-11-17-14(18)12-8-4-5-9-13(12)15(17)19/h4-5,8-9,20H,3,6-7,10-11H2,1-2H3. The van der Waals surface area contributed by atoms with E-state index in [4.69, 9.17) is 0 Å². The highest BCUT2D eigenvalue weighted by Crippen LogP contribution is 2.23. The van der Waals surface area contributed by atoms with Gasteiger partial charge in [0.05, 0.1) is 16.7 Å². The summed E-state index contributed by atoms with van der Waals surface area (Å²) >= 11 is 0. The quantitative estimate of drug-likeness (QED) is 0.641. The average Bonchev–Trinajstić information content (AvgIpc) is 2.62. The molecule has 1 aromatic carbocycles. The van der Waals surface area contributed by atoms with Crippen LogP contribution in [0.2, 0.25) is 0 Å². The van der Waals surface area contributed by atoms with Crippen molar-refractivity contribution in [3.05, 3.63) is 35.4 Å². The number of hydrogen-bond acceptors (Lipinski definition) is 3. The van der Waals surface area contributed by atoms with Crippen LogP contribution in [0.15, 0.2) is 24.3 Å². The van der Waals surface area contributed by atoms with E-state index in [1.165, 1.54) is 4.90 Å². The summed E-state index contributed by atoms with van der Waals surface area (Å²) in [7, 11) is 0. The van der Waals surface area contributed by atoms with Crippen LogP contribution in [-0.2, 0) is 0 Å². The van der Waals surface area contributed by atoms with Gasteiger partial charge in [-0.15, -0.1) is 0 Å². The smallest absolute Gasteiger partial charge is 0.261 e. The number of fused-ring (bicyclic) bond motifs is 1. The van der Waals surface area contributed by atoms with Crippen molar-refractivity contribution in [1.82, 2.24) is 4.90 Å². The Morgan fingerprint density at radius 3 is 2.05 bits per heavy atom. The summed E-state index contributed by atoms with van der Waals surface area (Å²) in [5.74, 6) is -0.374. The highest BCUT2D eigenvalue weighted by Gasteiger charge is 2.34. The van der Waals surface area contributed by atoms with Gasteiger partial charge in [0.25, 0.3) is 11.8 Å². The maximum Gasteiger partial charge on any atom is 0.261 e. The van der Waals surface area contributed by atoms with Crippen molar-refractivity contribution in [3.63, 3.8) is 0 Å². The van der Waals surface area contributed by atoms with Crippen LogP contribution in [0.3, 0.4) is 0 Å². The monoisotopic (exact) mass is 275 g/mol. The van der Waals surface area contributed by atoms with Crippen molar-refractivity contribution in [1.29, 1.82) is 0 Å². The number of nitrogens with zero attached hydrogens (tertiary/aromatic N) is 1. The molecule has 0 unspecified atom stereocenters. The highest BCUT2D eigenvalue weighted by molar-refractivity contribution is 6.21. The van der Waals surface area contributed by atoms with Crippen LogP contribution < -0.4 is 0 Å². The van der Waals surface area contributed by atoms with E-state index in [1.807, 2.05) is 0 Å². The number of rotatable bonds is 6. The first-order chi connectivity index (χ1) is 9.40. The molecule has 20 heavy (non-hydrogen) atoms. The molecule has 2 rings (SSSR count). The Balaban J connectivity index is 1.84. The van der Waals surface area contributed by atoms with E-state index in [9.17, 15) is 14.7 Å². The Labute approximate surface area is 119 Å². The minimum Gasteiger partial charge on any atom is -0.390 e. The summed E-state index contributed by atoms with van der Waals surface area (Å²) in [4.78, 5) is 25.5. The van der Waals surface area contributed by atoms with Gasteiger partial charge in [0.1, 0.15) is 0 Å². The molecule has 108 valence electrons. The summed E-state index contributed by atoms with van der Waals surface area (Å²) < 4.78 is 0. The van der Waals surface area contributed by atoms with Crippen molar-refractivity contribution in [3.8, 4) is 0 Å². The van der Waals surface area contributed by atoms with Gasteiger partial charge in [0.15, 0.2) is 0 Å². The minimum absolute atomic E-state index is 0.187. The molecule has 0 atom stereocenters. The predicted octanol–water partition coefficient (Wildman–Crippen LogP) is 2.61. The number of aliphatic hydroxyl groups is 1. The van der Waals surface area contributed by atoms with Crippen LogP contribution in [0.4, 0.5) is 0 Å². The van der Waals surface area contributed by atoms with Crippen LogP contribution in [0.5, 0.6) is 0 Å². The van der Waals surface area contributed by atoms with Gasteiger partial charge in [-0.1, -0.05) is 25.0 Å². The van der Waals surface area contributed by atoms with Gasteiger partial charge >= 0.3 is 0 Å². The largest absolute Gasteiger partial charge is 0.390 e. The molecule has 0 aromatic heterocycles. The molecule has 0 aliphatic carbocycles. The molecule has 4 heteroatoms. The fraction of sp³-hybridized carbons (Fsp3) is 0.500. The summed E-state index contributed by atoms with van der Waals surface area (Å²) in [5.41, 5.74) is 0.373. The Bertz CT molecular complexity index is 482. The lowest BCUT2D eigenvalue weighted by atomic mass is 10.0. The van der Waals surface area contributed by atoms with Crippen molar-refractivity contribution < 1.29 is 14.7 Å². The van der Waals surface area contributed by atoms with Gasteiger partial charge in [-0.05, 0) is 38.8 Å². The summed E-state index contributed by atoms with van der Waals surface area (Å²) in [6.07, 6.45) is 3.31. The lowest BCUT2D eigenvalue weighted by Gasteiger charge is -2.17. The van der Waals surface area contributed by atoms with E-state index in [1.54, 1.807) is 38.1 Å². The lowest BCUT2D eigenvalue weighted by molar-refractivity contribution is 0.0624. The number of carbonyl (C=O) groups is 2. The van der Waals surface area contributed by atoms with Gasteiger partial charge in [-0.25, -0.2) is 0 Å². The summed E-state index contributed by atoms with van der Waals surface area (Å²) in [6.45, 7) is 4.03. The number of amides is 2. The molecular formula is C16H21NO3.